The molecule has 2 heterocycles. The first kappa shape index (κ1) is 31.1. The van der Waals surface area contributed by atoms with Gasteiger partial charge >= 0.3 is 5.97 Å². The van der Waals surface area contributed by atoms with E-state index in [2.05, 4.69) is 5.32 Å². The maximum Gasteiger partial charge on any atom is 0.308 e. The number of rotatable bonds is 11. The van der Waals surface area contributed by atoms with E-state index in [1.54, 1.807) is 11.3 Å². The SMILES string of the molecule is COC(=O)[C@H]1CC[C@H](OC[C@@H]2CCCN2OCC(=O)Cc2ccc(NC(=O)c3cn(C)c4ccccc34)c(Cl)c2F)CC1. The third kappa shape index (κ3) is 7.26. The van der Waals surface area contributed by atoms with Gasteiger partial charge in [-0.3, -0.25) is 19.2 Å². The second kappa shape index (κ2) is 14.0. The molecule has 1 aliphatic heterocycles. The number of esters is 1. The zero-order chi connectivity index (χ0) is 30.5. The highest BCUT2D eigenvalue weighted by Gasteiger charge is 2.31. The molecule has 2 aliphatic rings. The number of nitrogens with zero attached hydrogens (tertiary/aromatic N) is 2. The third-order valence-electron chi connectivity index (χ3n) is 8.39. The quantitative estimate of drug-likeness (QED) is 0.286. The van der Waals surface area contributed by atoms with Crippen molar-refractivity contribution in [3.63, 3.8) is 0 Å². The maximum atomic E-state index is 15.2. The first-order chi connectivity index (χ1) is 20.7. The second-order valence-electron chi connectivity index (χ2n) is 11.3. The fourth-order valence-corrected chi connectivity index (χ4v) is 6.21. The Labute approximate surface area is 255 Å². The second-order valence-corrected chi connectivity index (χ2v) is 11.7. The first-order valence-electron chi connectivity index (χ1n) is 14.7. The fourth-order valence-electron chi connectivity index (χ4n) is 5.98. The number of hydroxylamine groups is 2. The van der Waals surface area contributed by atoms with E-state index in [-0.39, 0.29) is 59.1 Å². The lowest BCUT2D eigenvalue weighted by Crippen LogP contribution is -2.37. The van der Waals surface area contributed by atoms with E-state index in [1.165, 1.54) is 19.2 Å². The molecule has 1 amide bonds. The number of hydrogen-bond acceptors (Lipinski definition) is 7. The van der Waals surface area contributed by atoms with Crippen molar-refractivity contribution in [1.29, 1.82) is 0 Å². The number of hydrogen-bond donors (Lipinski definition) is 1. The number of aryl methyl sites for hydroxylation is 1. The molecule has 0 radical (unpaired) electrons. The summed E-state index contributed by atoms with van der Waals surface area (Å²) in [5, 5.41) is 5.00. The van der Waals surface area contributed by atoms with Gasteiger partial charge in [0.2, 0.25) is 0 Å². The molecule has 9 nitrogen and oxygen atoms in total. The predicted molar refractivity (Wildman–Crippen MR) is 160 cm³/mol. The van der Waals surface area contributed by atoms with Gasteiger partial charge in [0.25, 0.3) is 5.91 Å². The van der Waals surface area contributed by atoms with E-state index in [4.69, 9.17) is 25.9 Å². The van der Waals surface area contributed by atoms with Gasteiger partial charge in [0, 0.05) is 37.1 Å². The summed E-state index contributed by atoms with van der Waals surface area (Å²) in [4.78, 5) is 43.3. The molecule has 43 heavy (non-hydrogen) atoms. The van der Waals surface area contributed by atoms with Crippen molar-refractivity contribution in [2.75, 3.05) is 32.2 Å². The smallest absolute Gasteiger partial charge is 0.308 e. The molecule has 2 aromatic carbocycles. The normalized spacial score (nSPS) is 20.8. The molecular weight excluding hydrogens is 577 g/mol. The number of ether oxygens (including phenoxy) is 2. The Hall–Kier alpha value is -3.31. The van der Waals surface area contributed by atoms with Crippen molar-refractivity contribution in [2.24, 2.45) is 13.0 Å². The van der Waals surface area contributed by atoms with Crippen LogP contribution < -0.4 is 5.32 Å². The highest BCUT2D eigenvalue weighted by Crippen LogP contribution is 2.30. The van der Waals surface area contributed by atoms with E-state index in [0.717, 1.165) is 49.4 Å². The monoisotopic (exact) mass is 613 g/mol. The molecule has 1 N–H and O–H groups in total. The van der Waals surface area contributed by atoms with Crippen molar-refractivity contribution in [3.8, 4) is 0 Å². The summed E-state index contributed by atoms with van der Waals surface area (Å²) in [5.74, 6) is -1.66. The zero-order valence-corrected chi connectivity index (χ0v) is 25.2. The Morgan fingerprint density at radius 3 is 2.60 bits per heavy atom. The highest BCUT2D eigenvalue weighted by molar-refractivity contribution is 6.34. The number of carbonyl (C=O) groups excluding carboxylic acids is 3. The van der Waals surface area contributed by atoms with Crippen LogP contribution in [0.2, 0.25) is 5.02 Å². The number of amides is 1. The average Bonchev–Trinajstić information content (AvgIpc) is 3.62. The van der Waals surface area contributed by atoms with Gasteiger partial charge in [-0.2, -0.15) is 5.06 Å². The van der Waals surface area contributed by atoms with Gasteiger partial charge in [-0.1, -0.05) is 35.9 Å². The summed E-state index contributed by atoms with van der Waals surface area (Å²) in [7, 11) is 3.27. The largest absolute Gasteiger partial charge is 0.469 e. The van der Waals surface area contributed by atoms with Crippen LogP contribution in [0.5, 0.6) is 0 Å². The van der Waals surface area contributed by atoms with Crippen molar-refractivity contribution in [3.05, 3.63) is 64.6 Å². The minimum absolute atomic E-state index is 0.0296. The van der Waals surface area contributed by atoms with Crippen LogP contribution in [0.15, 0.2) is 42.6 Å². The topological polar surface area (TPSA) is 99.1 Å². The number of nitrogens with one attached hydrogen (secondary N) is 1. The average molecular weight is 614 g/mol. The Bertz CT molecular complexity index is 1490. The van der Waals surface area contributed by atoms with Gasteiger partial charge < -0.3 is 19.4 Å². The molecule has 2 fully saturated rings. The molecule has 1 saturated carbocycles. The standard InChI is InChI=1S/C32H37ClFN3O6/c1-36-17-26(25-7-3-4-8-28(25)36)31(39)35-27-14-11-21(30(34)29(27)33)16-23(38)19-43-37-15-5-6-22(37)18-42-24-12-9-20(10-13-24)32(40)41-2/h3-4,7-8,11,14,17,20,22,24H,5-6,9-10,12-13,15-16,18-19H2,1-2H3,(H,35,39)/t20-,22-,24-/m0/s1. The van der Waals surface area contributed by atoms with E-state index < -0.39 is 11.7 Å². The van der Waals surface area contributed by atoms with Crippen LogP contribution in [0, 0.1) is 11.7 Å². The number of halogens is 2. The molecule has 1 atom stereocenters. The van der Waals surface area contributed by atoms with Crippen molar-refractivity contribution in [2.45, 2.75) is 57.1 Å². The number of carbonyl (C=O) groups is 3. The first-order valence-corrected chi connectivity index (χ1v) is 15.1. The minimum Gasteiger partial charge on any atom is -0.469 e. The Morgan fingerprint density at radius 2 is 1.84 bits per heavy atom. The molecule has 1 aliphatic carbocycles. The summed E-state index contributed by atoms with van der Waals surface area (Å²) >= 11 is 6.28. The summed E-state index contributed by atoms with van der Waals surface area (Å²) in [5.41, 5.74) is 1.60. The molecule has 0 spiro atoms. The van der Waals surface area contributed by atoms with Gasteiger partial charge in [-0.15, -0.1) is 0 Å². The highest BCUT2D eigenvalue weighted by atomic mass is 35.5. The van der Waals surface area contributed by atoms with Crippen LogP contribution in [0.4, 0.5) is 10.1 Å². The molecular formula is C32H37ClFN3O6. The van der Waals surface area contributed by atoms with E-state index in [0.29, 0.717) is 18.7 Å². The maximum absolute atomic E-state index is 15.2. The summed E-state index contributed by atoms with van der Waals surface area (Å²) in [6.45, 7) is 0.969. The van der Waals surface area contributed by atoms with Gasteiger partial charge in [-0.05, 0) is 56.2 Å². The number of methoxy groups -OCH3 is 1. The Morgan fingerprint density at radius 1 is 1.07 bits per heavy atom. The number of anilines is 1. The van der Waals surface area contributed by atoms with Gasteiger partial charge in [-0.25, -0.2) is 4.39 Å². The lowest BCUT2D eigenvalue weighted by molar-refractivity contribution is -0.186. The van der Waals surface area contributed by atoms with Gasteiger partial charge in [0.1, 0.15) is 17.4 Å². The third-order valence-corrected chi connectivity index (χ3v) is 8.76. The lowest BCUT2D eigenvalue weighted by atomic mass is 9.87. The van der Waals surface area contributed by atoms with Crippen LogP contribution in [0.1, 0.15) is 54.4 Å². The number of ketones is 1. The molecule has 230 valence electrons. The summed E-state index contributed by atoms with van der Waals surface area (Å²) in [6, 6.07) is 10.5. The molecule has 1 aromatic heterocycles. The number of fused-ring (bicyclic) bond motifs is 1. The molecule has 11 heteroatoms. The van der Waals surface area contributed by atoms with Crippen molar-refractivity contribution >= 4 is 45.9 Å². The van der Waals surface area contributed by atoms with Crippen LogP contribution in [-0.4, -0.2) is 66.3 Å². The molecule has 0 bridgehead atoms. The molecule has 1 saturated heterocycles. The summed E-state index contributed by atoms with van der Waals surface area (Å²) < 4.78 is 28.0. The van der Waals surface area contributed by atoms with Crippen molar-refractivity contribution < 1.29 is 33.1 Å². The zero-order valence-electron chi connectivity index (χ0n) is 24.4. The molecule has 3 aromatic rings. The van der Waals surface area contributed by atoms with E-state index in [1.807, 2.05) is 35.9 Å². The number of Topliss-reactive ketones (excluding diaryl/α,β-unsaturated/α-hetero) is 1. The van der Waals surface area contributed by atoms with Crippen LogP contribution in [0.3, 0.4) is 0 Å². The Balaban J connectivity index is 1.10. The van der Waals surface area contributed by atoms with Crippen molar-refractivity contribution in [1.82, 2.24) is 9.63 Å². The number of benzene rings is 2. The van der Waals surface area contributed by atoms with Crippen LogP contribution >= 0.6 is 11.6 Å². The van der Waals surface area contributed by atoms with Gasteiger partial charge in [0.05, 0.1) is 43.0 Å². The predicted octanol–water partition coefficient (Wildman–Crippen LogP) is 5.48. The number of para-hydroxylation sites is 1. The number of aromatic nitrogens is 1. The fraction of sp³-hybridized carbons (Fsp3) is 0.469. The van der Waals surface area contributed by atoms with Crippen LogP contribution in [0.25, 0.3) is 10.9 Å². The Kier molecular flexibility index (Phi) is 10.1. The van der Waals surface area contributed by atoms with E-state index in [9.17, 15) is 14.4 Å². The lowest BCUT2D eigenvalue weighted by Gasteiger charge is -2.29. The molecule has 0 unspecified atom stereocenters. The van der Waals surface area contributed by atoms with Crippen LogP contribution in [-0.2, 0) is 37.4 Å². The van der Waals surface area contributed by atoms with Gasteiger partial charge in [0.15, 0.2) is 5.78 Å². The summed E-state index contributed by atoms with van der Waals surface area (Å²) in [6.07, 6.45) is 6.57. The van der Waals surface area contributed by atoms with E-state index >= 15 is 4.39 Å². The minimum atomic E-state index is -0.750. The molecule has 5 rings (SSSR count).